The van der Waals surface area contributed by atoms with Gasteiger partial charge in [-0.1, -0.05) is 30.3 Å². The number of aryl methyl sites for hydroxylation is 2. The monoisotopic (exact) mass is 443 g/mol. The van der Waals surface area contributed by atoms with Crippen LogP contribution in [-0.2, 0) is 21.4 Å². The highest BCUT2D eigenvalue weighted by Crippen LogP contribution is 2.32. The number of hydrogen-bond donors (Lipinski definition) is 2. The number of nitrogens with zero attached hydrogens (tertiary/aromatic N) is 5. The van der Waals surface area contributed by atoms with E-state index in [0.717, 1.165) is 17.4 Å². The Balaban J connectivity index is 1.53. The first kappa shape index (κ1) is 21.2. The average molecular weight is 444 g/mol. The van der Waals surface area contributed by atoms with Crippen LogP contribution >= 0.6 is 0 Å². The summed E-state index contributed by atoms with van der Waals surface area (Å²) in [6.45, 7) is 2.67. The van der Waals surface area contributed by atoms with Gasteiger partial charge in [-0.25, -0.2) is 18.1 Å². The molecule has 2 N–H and O–H groups in total. The largest absolute Gasteiger partial charge is 0.331 e. The lowest BCUT2D eigenvalue weighted by Crippen LogP contribution is -2.38. The van der Waals surface area contributed by atoms with Gasteiger partial charge in [0.15, 0.2) is 5.82 Å². The summed E-state index contributed by atoms with van der Waals surface area (Å²) >= 11 is 0. The summed E-state index contributed by atoms with van der Waals surface area (Å²) in [6, 6.07) is 8.75. The van der Waals surface area contributed by atoms with Crippen molar-refractivity contribution in [1.82, 2.24) is 34.6 Å². The number of aromatic nitrogens is 5. The number of benzene rings is 1. The summed E-state index contributed by atoms with van der Waals surface area (Å²) in [5, 5.41) is 11.5. The minimum Gasteiger partial charge on any atom is -0.331 e. The molecule has 1 aliphatic rings. The zero-order valence-electron chi connectivity index (χ0n) is 17.4. The highest BCUT2D eigenvalue weighted by atomic mass is 32.2. The standard InChI is InChI=1S/C20H25N7O3S/c1-14-11-21-26(12-14)9-8-18(28)27-13-16(25-31(2,29)30)10-17(27)20-22-19(23-24-20)15-6-4-3-5-7-15/h3-7,11-12,16-17,25H,8-10,13H2,1-2H3,(H,22,23,24). The quantitative estimate of drug-likeness (QED) is 0.566. The molecule has 0 saturated carbocycles. The third-order valence-corrected chi connectivity index (χ3v) is 5.93. The van der Waals surface area contributed by atoms with Crippen LogP contribution in [0.5, 0.6) is 0 Å². The Labute approximate surface area is 180 Å². The Kier molecular flexibility index (Phi) is 5.88. The fraction of sp³-hybridized carbons (Fsp3) is 0.400. The normalized spacial score (nSPS) is 19.1. The molecule has 3 aromatic rings. The molecule has 0 bridgehead atoms. The van der Waals surface area contributed by atoms with Gasteiger partial charge in [-0.2, -0.15) is 10.2 Å². The van der Waals surface area contributed by atoms with Crippen LogP contribution in [0.15, 0.2) is 42.7 Å². The Morgan fingerprint density at radius 2 is 2.06 bits per heavy atom. The van der Waals surface area contributed by atoms with Gasteiger partial charge in [-0.05, 0) is 18.9 Å². The fourth-order valence-electron chi connectivity index (χ4n) is 3.84. The lowest BCUT2D eigenvalue weighted by Gasteiger charge is -2.22. The number of carbonyl (C=O) groups excluding carboxylic acids is 1. The third kappa shape index (κ3) is 5.17. The van der Waals surface area contributed by atoms with Crippen LogP contribution in [-0.4, -0.2) is 63.0 Å². The molecule has 1 aromatic carbocycles. The average Bonchev–Trinajstić information content (AvgIpc) is 3.45. The summed E-state index contributed by atoms with van der Waals surface area (Å²) in [5.41, 5.74) is 1.89. The molecule has 1 amide bonds. The predicted octanol–water partition coefficient (Wildman–Crippen LogP) is 1.26. The molecule has 0 spiro atoms. The van der Waals surface area contributed by atoms with Gasteiger partial charge in [0.1, 0.15) is 5.82 Å². The minimum absolute atomic E-state index is 0.0892. The molecule has 2 unspecified atom stereocenters. The predicted molar refractivity (Wildman–Crippen MR) is 114 cm³/mol. The zero-order valence-corrected chi connectivity index (χ0v) is 18.2. The van der Waals surface area contributed by atoms with E-state index in [1.54, 1.807) is 15.8 Å². The summed E-state index contributed by atoms with van der Waals surface area (Å²) in [6.07, 6.45) is 5.42. The molecule has 1 aliphatic heterocycles. The van der Waals surface area contributed by atoms with Crippen LogP contribution < -0.4 is 4.72 Å². The van der Waals surface area contributed by atoms with Gasteiger partial charge in [-0.15, -0.1) is 0 Å². The first-order valence-corrected chi connectivity index (χ1v) is 11.9. The molecule has 31 heavy (non-hydrogen) atoms. The maximum Gasteiger partial charge on any atom is 0.225 e. The van der Waals surface area contributed by atoms with E-state index in [1.165, 1.54) is 0 Å². The van der Waals surface area contributed by atoms with E-state index >= 15 is 0 Å². The van der Waals surface area contributed by atoms with Crippen molar-refractivity contribution < 1.29 is 13.2 Å². The number of hydrogen-bond acceptors (Lipinski definition) is 6. The summed E-state index contributed by atoms with van der Waals surface area (Å²) < 4.78 is 27.8. The maximum absolute atomic E-state index is 13.0. The van der Waals surface area contributed by atoms with E-state index in [-0.39, 0.29) is 24.9 Å². The van der Waals surface area contributed by atoms with E-state index in [2.05, 4.69) is 25.0 Å². The molecule has 4 rings (SSSR count). The highest BCUT2D eigenvalue weighted by molar-refractivity contribution is 7.88. The van der Waals surface area contributed by atoms with Gasteiger partial charge in [0.2, 0.25) is 15.9 Å². The molecule has 11 heteroatoms. The van der Waals surface area contributed by atoms with Gasteiger partial charge in [-0.3, -0.25) is 14.6 Å². The van der Waals surface area contributed by atoms with E-state index in [4.69, 9.17) is 0 Å². The Morgan fingerprint density at radius 3 is 2.74 bits per heavy atom. The zero-order chi connectivity index (χ0) is 22.0. The van der Waals surface area contributed by atoms with E-state index in [0.29, 0.717) is 24.6 Å². The van der Waals surface area contributed by atoms with Crippen molar-refractivity contribution in [2.45, 2.75) is 38.4 Å². The molecule has 10 nitrogen and oxygen atoms in total. The van der Waals surface area contributed by atoms with Crippen LogP contribution in [0.25, 0.3) is 11.4 Å². The number of carbonyl (C=O) groups is 1. The number of rotatable bonds is 7. The summed E-state index contributed by atoms with van der Waals surface area (Å²) in [4.78, 5) is 19.3. The molecule has 164 valence electrons. The van der Waals surface area contributed by atoms with Crippen molar-refractivity contribution in [1.29, 1.82) is 0 Å². The first-order valence-electron chi connectivity index (χ1n) is 10.0. The van der Waals surface area contributed by atoms with Crippen LogP contribution in [0, 0.1) is 6.92 Å². The van der Waals surface area contributed by atoms with Gasteiger partial charge >= 0.3 is 0 Å². The lowest BCUT2D eigenvalue weighted by molar-refractivity contribution is -0.132. The second-order valence-electron chi connectivity index (χ2n) is 7.83. The number of aromatic amines is 1. The second-order valence-corrected chi connectivity index (χ2v) is 9.61. The highest BCUT2D eigenvalue weighted by Gasteiger charge is 2.39. The smallest absolute Gasteiger partial charge is 0.225 e. The van der Waals surface area contributed by atoms with E-state index in [9.17, 15) is 13.2 Å². The number of sulfonamides is 1. The van der Waals surface area contributed by atoms with E-state index in [1.807, 2.05) is 43.5 Å². The third-order valence-electron chi connectivity index (χ3n) is 5.17. The molecular formula is C20H25N7O3S. The van der Waals surface area contributed by atoms with Gasteiger partial charge in [0.25, 0.3) is 0 Å². The van der Waals surface area contributed by atoms with Gasteiger partial charge in [0, 0.05) is 37.3 Å². The molecule has 2 atom stereocenters. The maximum atomic E-state index is 13.0. The molecule has 1 saturated heterocycles. The number of H-pyrrole nitrogens is 1. The Morgan fingerprint density at radius 1 is 1.29 bits per heavy atom. The molecule has 2 aromatic heterocycles. The van der Waals surface area contributed by atoms with Crippen LogP contribution in [0.3, 0.4) is 0 Å². The van der Waals surface area contributed by atoms with Crippen molar-refractivity contribution >= 4 is 15.9 Å². The van der Waals surface area contributed by atoms with Crippen LogP contribution in [0.4, 0.5) is 0 Å². The molecular weight excluding hydrogens is 418 g/mol. The van der Waals surface area contributed by atoms with Crippen molar-refractivity contribution in [2.75, 3.05) is 12.8 Å². The van der Waals surface area contributed by atoms with Crippen molar-refractivity contribution in [3.05, 3.63) is 54.1 Å². The van der Waals surface area contributed by atoms with Crippen molar-refractivity contribution in [2.24, 2.45) is 0 Å². The minimum atomic E-state index is -3.40. The molecule has 1 fully saturated rings. The van der Waals surface area contributed by atoms with Gasteiger partial charge in [0.05, 0.1) is 18.5 Å². The Hall–Kier alpha value is -3.05. The number of likely N-dealkylation sites (tertiary alicyclic amines) is 1. The molecule has 0 radical (unpaired) electrons. The van der Waals surface area contributed by atoms with Gasteiger partial charge < -0.3 is 4.90 Å². The van der Waals surface area contributed by atoms with Crippen LogP contribution in [0.1, 0.15) is 30.3 Å². The summed E-state index contributed by atoms with van der Waals surface area (Å²) in [5.74, 6) is 0.989. The fourth-order valence-corrected chi connectivity index (χ4v) is 4.62. The summed E-state index contributed by atoms with van der Waals surface area (Å²) in [7, 11) is -3.40. The lowest BCUT2D eigenvalue weighted by atomic mass is 10.1. The topological polar surface area (TPSA) is 126 Å². The molecule has 3 heterocycles. The SMILES string of the molecule is Cc1cnn(CCC(=O)N2CC(NS(C)(=O)=O)CC2c2nc(-c3ccccc3)n[nH]2)c1. The Bertz CT molecular complexity index is 1160. The molecule has 0 aliphatic carbocycles. The number of nitrogens with one attached hydrogen (secondary N) is 2. The second kappa shape index (κ2) is 8.60. The first-order chi connectivity index (χ1) is 14.8. The van der Waals surface area contributed by atoms with Crippen molar-refractivity contribution in [3.8, 4) is 11.4 Å². The van der Waals surface area contributed by atoms with Crippen molar-refractivity contribution in [3.63, 3.8) is 0 Å². The number of amides is 1. The van der Waals surface area contributed by atoms with Crippen LogP contribution in [0.2, 0.25) is 0 Å². The van der Waals surface area contributed by atoms with E-state index < -0.39 is 16.1 Å².